The van der Waals surface area contributed by atoms with E-state index in [1.807, 2.05) is 6.07 Å². The smallest absolute Gasteiger partial charge is 0.0511 e. The number of benzene rings is 1. The molecule has 12 heavy (non-hydrogen) atoms. The van der Waals surface area contributed by atoms with Gasteiger partial charge in [0.1, 0.15) is 0 Å². The number of alkyl halides is 1. The van der Waals surface area contributed by atoms with Gasteiger partial charge in [0.05, 0.1) is 4.50 Å². The summed E-state index contributed by atoms with van der Waals surface area (Å²) in [6.07, 6.45) is 2.24. The van der Waals surface area contributed by atoms with Crippen molar-refractivity contribution < 1.29 is 0 Å². The van der Waals surface area contributed by atoms with Crippen molar-refractivity contribution in [2.45, 2.75) is 24.3 Å². The summed E-state index contributed by atoms with van der Waals surface area (Å²) >= 11 is 6.42. The minimum atomic E-state index is -0.0456. The molecule has 0 aromatic heterocycles. The molecule has 0 aliphatic heterocycles. The molecule has 0 bridgehead atoms. The van der Waals surface area contributed by atoms with Gasteiger partial charge in [0, 0.05) is 10.2 Å². The van der Waals surface area contributed by atoms with Crippen molar-refractivity contribution >= 4 is 21.8 Å². The van der Waals surface area contributed by atoms with Crippen molar-refractivity contribution in [2.24, 2.45) is 0 Å². The van der Waals surface area contributed by atoms with E-state index in [4.69, 9.17) is 11.6 Å². The average Bonchev–Trinajstić information content (AvgIpc) is 2.06. The van der Waals surface area contributed by atoms with Crippen LogP contribution in [-0.4, -0.2) is 10.2 Å². The summed E-state index contributed by atoms with van der Waals surface area (Å²) in [4.78, 5) is 0. The minimum Gasteiger partial charge on any atom is -0.119 e. The molecule has 1 rings (SSSR count). The summed E-state index contributed by atoms with van der Waals surface area (Å²) in [5.74, 6) is 0. The van der Waals surface area contributed by atoms with Crippen LogP contribution in [0.2, 0.25) is 0 Å². The molecule has 0 amide bonds. The second-order valence-corrected chi connectivity index (χ2v) is 6.49. The Labute approximate surface area is 82.4 Å². The third kappa shape index (κ3) is 2.36. The highest BCUT2D eigenvalue weighted by molar-refractivity contribution is 6.44. The first kappa shape index (κ1) is 9.81. The lowest BCUT2D eigenvalue weighted by Crippen LogP contribution is -2.17. The lowest BCUT2D eigenvalue weighted by atomic mass is 10.1. The molecule has 0 aliphatic carbocycles. The van der Waals surface area contributed by atoms with Gasteiger partial charge in [-0.1, -0.05) is 43.7 Å². The van der Waals surface area contributed by atoms with Crippen LogP contribution in [0.5, 0.6) is 0 Å². The Balaban J connectivity index is 2.82. The fourth-order valence-corrected chi connectivity index (χ4v) is 2.55. The highest BCUT2D eigenvalue weighted by Crippen LogP contribution is 2.29. The molecular formula is C10H15ClSi. The Morgan fingerprint density at radius 2 is 1.92 bits per heavy atom. The summed E-state index contributed by atoms with van der Waals surface area (Å²) in [6.45, 7) is 2.18. The Morgan fingerprint density at radius 1 is 1.33 bits per heavy atom. The largest absolute Gasteiger partial charge is 0.119 e. The molecule has 1 aromatic carbocycles. The maximum Gasteiger partial charge on any atom is 0.0511 e. The van der Waals surface area contributed by atoms with Crippen LogP contribution in [0.3, 0.4) is 0 Å². The van der Waals surface area contributed by atoms with Gasteiger partial charge in [0.2, 0.25) is 0 Å². The highest BCUT2D eigenvalue weighted by Gasteiger charge is 2.20. The first-order valence-electron chi connectivity index (χ1n) is 4.41. The van der Waals surface area contributed by atoms with Crippen LogP contribution in [-0.2, 0) is 4.50 Å². The van der Waals surface area contributed by atoms with Gasteiger partial charge in [0.15, 0.2) is 0 Å². The summed E-state index contributed by atoms with van der Waals surface area (Å²) in [6, 6.07) is 10.4. The maximum atomic E-state index is 6.42. The fraction of sp³-hybridized carbons (Fsp3) is 0.400. The Hall–Kier alpha value is -0.273. The van der Waals surface area contributed by atoms with Gasteiger partial charge in [-0.2, -0.15) is 0 Å². The van der Waals surface area contributed by atoms with E-state index < -0.39 is 0 Å². The number of halogens is 1. The molecule has 0 heterocycles. The van der Waals surface area contributed by atoms with E-state index in [9.17, 15) is 0 Å². The average molecular weight is 199 g/mol. The van der Waals surface area contributed by atoms with Crippen molar-refractivity contribution in [1.29, 1.82) is 0 Å². The monoisotopic (exact) mass is 198 g/mol. The molecule has 1 unspecified atom stereocenters. The van der Waals surface area contributed by atoms with E-state index in [1.165, 1.54) is 5.56 Å². The van der Waals surface area contributed by atoms with Crippen LogP contribution in [0, 0.1) is 0 Å². The predicted molar refractivity (Wildman–Crippen MR) is 58.8 cm³/mol. The molecular weight excluding hydrogens is 184 g/mol. The second-order valence-electron chi connectivity index (χ2n) is 3.31. The van der Waals surface area contributed by atoms with Crippen molar-refractivity contribution in [3.63, 3.8) is 0 Å². The molecule has 0 fully saturated rings. The Kier molecular flexibility index (Phi) is 3.36. The third-order valence-electron chi connectivity index (χ3n) is 2.10. The van der Waals surface area contributed by atoms with E-state index in [2.05, 4.69) is 31.2 Å². The third-order valence-corrected chi connectivity index (χ3v) is 3.58. The second kappa shape index (κ2) is 4.10. The summed E-state index contributed by atoms with van der Waals surface area (Å²) in [5, 5.41) is 0. The van der Waals surface area contributed by atoms with Crippen molar-refractivity contribution in [2.75, 3.05) is 0 Å². The summed E-state index contributed by atoms with van der Waals surface area (Å²) in [7, 11) is 1.01. The van der Waals surface area contributed by atoms with E-state index in [1.54, 1.807) is 0 Å². The quantitative estimate of drug-likeness (QED) is 0.517. The molecule has 2 heteroatoms. The van der Waals surface area contributed by atoms with E-state index in [-0.39, 0.29) is 4.50 Å². The summed E-state index contributed by atoms with van der Waals surface area (Å²) in [5.41, 5.74) is 1.28. The van der Waals surface area contributed by atoms with Gasteiger partial charge < -0.3 is 0 Å². The van der Waals surface area contributed by atoms with E-state index >= 15 is 0 Å². The molecule has 0 saturated carbocycles. The van der Waals surface area contributed by atoms with Crippen LogP contribution in [0.1, 0.15) is 25.3 Å². The van der Waals surface area contributed by atoms with Gasteiger partial charge in [-0.15, -0.1) is 11.6 Å². The molecule has 0 radical (unpaired) electrons. The van der Waals surface area contributed by atoms with Crippen LogP contribution >= 0.6 is 11.6 Å². The van der Waals surface area contributed by atoms with Crippen LogP contribution in [0.15, 0.2) is 30.3 Å². The van der Waals surface area contributed by atoms with E-state index in [0.717, 1.165) is 23.1 Å². The van der Waals surface area contributed by atoms with Gasteiger partial charge in [-0.25, -0.2) is 0 Å². The van der Waals surface area contributed by atoms with Crippen LogP contribution in [0.25, 0.3) is 0 Å². The van der Waals surface area contributed by atoms with Crippen LogP contribution < -0.4 is 0 Å². The van der Waals surface area contributed by atoms with Gasteiger partial charge in [-0.05, 0) is 12.0 Å². The SMILES string of the molecule is CCCC([SiH3])(Cl)c1ccccc1. The lowest BCUT2D eigenvalue weighted by Gasteiger charge is -2.21. The van der Waals surface area contributed by atoms with E-state index in [0.29, 0.717) is 0 Å². The molecule has 66 valence electrons. The molecule has 0 spiro atoms. The van der Waals surface area contributed by atoms with Gasteiger partial charge in [-0.3, -0.25) is 0 Å². The zero-order chi connectivity index (χ0) is 9.03. The summed E-state index contributed by atoms with van der Waals surface area (Å²) < 4.78 is -0.0456. The lowest BCUT2D eigenvalue weighted by molar-refractivity contribution is 0.713. The number of hydrogen-bond donors (Lipinski definition) is 0. The van der Waals surface area contributed by atoms with Crippen LogP contribution in [0.4, 0.5) is 0 Å². The van der Waals surface area contributed by atoms with Gasteiger partial charge in [0.25, 0.3) is 0 Å². The maximum absolute atomic E-state index is 6.42. The molecule has 0 aliphatic rings. The topological polar surface area (TPSA) is 0 Å². The standard InChI is InChI=1S/C10H15ClSi/c1-2-8-10(11,12)9-6-4-3-5-7-9/h3-7H,2,8H2,1,12H3. The van der Waals surface area contributed by atoms with Crippen molar-refractivity contribution in [3.8, 4) is 0 Å². The molecule has 0 N–H and O–H groups in total. The molecule has 1 atom stereocenters. The zero-order valence-electron chi connectivity index (χ0n) is 7.68. The molecule has 0 nitrogen and oxygen atoms in total. The Morgan fingerprint density at radius 3 is 2.42 bits per heavy atom. The fourth-order valence-electron chi connectivity index (χ4n) is 1.40. The highest BCUT2D eigenvalue weighted by atomic mass is 35.5. The Bertz CT molecular complexity index is 231. The molecule has 1 aromatic rings. The first-order valence-corrected chi connectivity index (χ1v) is 5.79. The normalized spacial score (nSPS) is 15.8. The first-order chi connectivity index (χ1) is 5.67. The number of hydrogen-bond acceptors (Lipinski definition) is 0. The van der Waals surface area contributed by atoms with Crippen molar-refractivity contribution in [3.05, 3.63) is 35.9 Å². The number of rotatable bonds is 3. The molecule has 0 saturated heterocycles. The predicted octanol–water partition coefficient (Wildman–Crippen LogP) is 2.24. The van der Waals surface area contributed by atoms with Crippen molar-refractivity contribution in [1.82, 2.24) is 0 Å². The minimum absolute atomic E-state index is 0.0456. The van der Waals surface area contributed by atoms with Gasteiger partial charge >= 0.3 is 0 Å². The zero-order valence-corrected chi connectivity index (χ0v) is 10.4.